The first-order valence-electron chi connectivity index (χ1n) is 9.51. The largest absolute Gasteiger partial charge is 0.465 e. The van der Waals surface area contributed by atoms with Crippen molar-refractivity contribution in [2.45, 2.75) is 0 Å². The molecule has 0 bridgehead atoms. The smallest absolute Gasteiger partial charge is 0.337 e. The normalized spacial score (nSPS) is 14.7. The molecule has 11 nitrogen and oxygen atoms in total. The van der Waals surface area contributed by atoms with Crippen molar-refractivity contribution in [3.8, 4) is 0 Å². The molecule has 1 N–H and O–H groups in total. The Morgan fingerprint density at radius 1 is 1.10 bits per heavy atom. The number of methoxy groups -OCH3 is 1. The van der Waals surface area contributed by atoms with Gasteiger partial charge in [-0.2, -0.15) is 0 Å². The number of benzene rings is 1. The van der Waals surface area contributed by atoms with Crippen LogP contribution in [0.15, 0.2) is 30.6 Å². The highest BCUT2D eigenvalue weighted by molar-refractivity contribution is 5.94. The molecule has 0 aliphatic carbocycles. The number of aromatic nitrogens is 5. The van der Waals surface area contributed by atoms with Crippen molar-refractivity contribution < 1.29 is 14.3 Å². The lowest BCUT2D eigenvalue weighted by Gasteiger charge is -2.34. The van der Waals surface area contributed by atoms with E-state index in [1.54, 1.807) is 36.0 Å². The van der Waals surface area contributed by atoms with Crippen LogP contribution in [0.5, 0.6) is 0 Å². The summed E-state index contributed by atoms with van der Waals surface area (Å²) < 4.78 is 6.29. The maximum absolute atomic E-state index is 12.4. The van der Waals surface area contributed by atoms with E-state index >= 15 is 0 Å². The minimum absolute atomic E-state index is 0.104. The zero-order chi connectivity index (χ0) is 21.1. The van der Waals surface area contributed by atoms with E-state index in [1.165, 1.54) is 13.4 Å². The van der Waals surface area contributed by atoms with Gasteiger partial charge in [0, 0.05) is 38.9 Å². The molecule has 3 heterocycles. The molecule has 0 radical (unpaired) electrons. The highest BCUT2D eigenvalue weighted by Crippen LogP contribution is 2.21. The fourth-order valence-electron chi connectivity index (χ4n) is 3.40. The molecule has 1 fully saturated rings. The molecule has 11 heteroatoms. The van der Waals surface area contributed by atoms with Gasteiger partial charge in [-0.15, -0.1) is 5.10 Å². The van der Waals surface area contributed by atoms with Crippen LogP contribution in [0.3, 0.4) is 0 Å². The van der Waals surface area contributed by atoms with E-state index < -0.39 is 5.97 Å². The standard InChI is InChI=1S/C19H22N8O3/c1-25-17-16(23-24-25)18(21-12-20-17)27-9-7-26(8-10-27)11-15(28)22-14-5-3-13(4-6-14)19(29)30-2/h3-6,12H,7-11H2,1-2H3,(H,22,28). The van der Waals surface area contributed by atoms with Crippen LogP contribution in [0.2, 0.25) is 0 Å². The average Bonchev–Trinajstić information content (AvgIpc) is 3.15. The van der Waals surface area contributed by atoms with Gasteiger partial charge in [0.05, 0.1) is 19.2 Å². The lowest BCUT2D eigenvalue weighted by Crippen LogP contribution is -2.49. The van der Waals surface area contributed by atoms with E-state index in [-0.39, 0.29) is 12.5 Å². The predicted octanol–water partition coefficient (Wildman–Crippen LogP) is 0.306. The molecule has 2 aromatic heterocycles. The number of rotatable bonds is 5. The zero-order valence-electron chi connectivity index (χ0n) is 16.8. The van der Waals surface area contributed by atoms with E-state index in [1.807, 2.05) is 0 Å². The molecule has 3 aromatic rings. The number of carbonyl (C=O) groups excluding carboxylic acids is 2. The Morgan fingerprint density at radius 2 is 1.83 bits per heavy atom. The number of esters is 1. The Balaban J connectivity index is 1.31. The van der Waals surface area contributed by atoms with Crippen LogP contribution in [0.1, 0.15) is 10.4 Å². The Labute approximate surface area is 172 Å². The van der Waals surface area contributed by atoms with Gasteiger partial charge in [0.1, 0.15) is 6.33 Å². The summed E-state index contributed by atoms with van der Waals surface area (Å²) in [5, 5.41) is 11.0. The molecule has 0 unspecified atom stereocenters. The van der Waals surface area contributed by atoms with Crippen LogP contribution >= 0.6 is 0 Å². The second-order valence-electron chi connectivity index (χ2n) is 6.96. The summed E-state index contributed by atoms with van der Waals surface area (Å²) in [4.78, 5) is 36.7. The maximum atomic E-state index is 12.4. The second-order valence-corrected chi connectivity index (χ2v) is 6.96. The van der Waals surface area contributed by atoms with Crippen molar-refractivity contribution in [1.29, 1.82) is 0 Å². The molecule has 156 valence electrons. The van der Waals surface area contributed by atoms with Crippen molar-refractivity contribution in [3.05, 3.63) is 36.2 Å². The predicted molar refractivity (Wildman–Crippen MR) is 109 cm³/mol. The van der Waals surface area contributed by atoms with Crippen LogP contribution < -0.4 is 10.2 Å². The third-order valence-electron chi connectivity index (χ3n) is 5.00. The lowest BCUT2D eigenvalue weighted by atomic mass is 10.2. The molecule has 1 aliphatic rings. The fraction of sp³-hybridized carbons (Fsp3) is 0.368. The first-order chi connectivity index (χ1) is 14.5. The number of hydrogen-bond acceptors (Lipinski definition) is 9. The number of amides is 1. The Hall–Kier alpha value is -3.60. The topological polar surface area (TPSA) is 118 Å². The molecular weight excluding hydrogens is 388 g/mol. The number of nitrogens with one attached hydrogen (secondary N) is 1. The number of ether oxygens (including phenoxy) is 1. The Bertz CT molecular complexity index is 1060. The van der Waals surface area contributed by atoms with Crippen molar-refractivity contribution in [3.63, 3.8) is 0 Å². The van der Waals surface area contributed by atoms with Crippen molar-refractivity contribution in [1.82, 2.24) is 29.9 Å². The lowest BCUT2D eigenvalue weighted by molar-refractivity contribution is -0.117. The molecular formula is C19H22N8O3. The fourth-order valence-corrected chi connectivity index (χ4v) is 3.40. The summed E-state index contributed by atoms with van der Waals surface area (Å²) in [6.45, 7) is 3.19. The Morgan fingerprint density at radius 3 is 2.53 bits per heavy atom. The zero-order valence-corrected chi connectivity index (χ0v) is 16.8. The van der Waals surface area contributed by atoms with Crippen LogP contribution in [0, 0.1) is 0 Å². The van der Waals surface area contributed by atoms with Crippen molar-refractivity contribution in [2.24, 2.45) is 7.05 Å². The third-order valence-corrected chi connectivity index (χ3v) is 5.00. The number of nitrogens with zero attached hydrogens (tertiary/aromatic N) is 7. The highest BCUT2D eigenvalue weighted by Gasteiger charge is 2.23. The van der Waals surface area contributed by atoms with Gasteiger partial charge in [-0.05, 0) is 24.3 Å². The maximum Gasteiger partial charge on any atom is 0.337 e. The van der Waals surface area contributed by atoms with Gasteiger partial charge in [-0.3, -0.25) is 9.69 Å². The van der Waals surface area contributed by atoms with Gasteiger partial charge in [-0.25, -0.2) is 19.4 Å². The number of hydrogen-bond donors (Lipinski definition) is 1. The van der Waals surface area contributed by atoms with Crippen molar-refractivity contribution in [2.75, 3.05) is 50.1 Å². The molecule has 4 rings (SSSR count). The van der Waals surface area contributed by atoms with E-state index in [0.717, 1.165) is 32.0 Å². The molecule has 1 aliphatic heterocycles. The summed E-state index contributed by atoms with van der Waals surface area (Å²) in [6.07, 6.45) is 1.52. The van der Waals surface area contributed by atoms with Crippen molar-refractivity contribution >= 4 is 34.5 Å². The monoisotopic (exact) mass is 410 g/mol. The van der Waals surface area contributed by atoms with Gasteiger partial charge < -0.3 is 15.0 Å². The first-order valence-corrected chi connectivity index (χ1v) is 9.51. The van der Waals surface area contributed by atoms with Crippen LogP contribution in [-0.4, -0.2) is 81.6 Å². The minimum Gasteiger partial charge on any atom is -0.465 e. The average molecular weight is 410 g/mol. The molecule has 0 spiro atoms. The molecule has 1 aromatic carbocycles. The van der Waals surface area contributed by atoms with Crippen LogP contribution in [0.25, 0.3) is 11.2 Å². The molecule has 0 saturated carbocycles. The van der Waals surface area contributed by atoms with Gasteiger partial charge >= 0.3 is 5.97 Å². The highest BCUT2D eigenvalue weighted by atomic mass is 16.5. The second kappa shape index (κ2) is 8.41. The summed E-state index contributed by atoms with van der Waals surface area (Å²) >= 11 is 0. The number of anilines is 2. The Kier molecular flexibility index (Phi) is 5.53. The van der Waals surface area contributed by atoms with Gasteiger partial charge in [0.2, 0.25) is 5.91 Å². The summed E-state index contributed by atoms with van der Waals surface area (Å²) in [6, 6.07) is 6.61. The van der Waals surface area contributed by atoms with E-state index in [4.69, 9.17) is 0 Å². The van der Waals surface area contributed by atoms with E-state index in [0.29, 0.717) is 22.4 Å². The summed E-state index contributed by atoms with van der Waals surface area (Å²) in [5.74, 6) is 0.253. The third kappa shape index (κ3) is 4.06. The number of carbonyl (C=O) groups is 2. The van der Waals surface area contributed by atoms with Gasteiger partial charge in [-0.1, -0.05) is 5.21 Å². The quantitative estimate of drug-likeness (QED) is 0.593. The molecule has 1 saturated heterocycles. The summed E-state index contributed by atoms with van der Waals surface area (Å²) in [5.41, 5.74) is 2.45. The van der Waals surface area contributed by atoms with Crippen LogP contribution in [-0.2, 0) is 16.6 Å². The SMILES string of the molecule is COC(=O)c1ccc(NC(=O)CN2CCN(c3ncnc4c3nnn4C)CC2)cc1. The molecule has 0 atom stereocenters. The summed E-state index contributed by atoms with van der Waals surface area (Å²) in [7, 11) is 3.13. The van der Waals surface area contributed by atoms with Gasteiger partial charge in [0.25, 0.3) is 0 Å². The van der Waals surface area contributed by atoms with E-state index in [2.05, 4.69) is 40.1 Å². The first kappa shape index (κ1) is 19.7. The number of piperazine rings is 1. The molecule has 30 heavy (non-hydrogen) atoms. The molecule has 1 amide bonds. The minimum atomic E-state index is -0.409. The van der Waals surface area contributed by atoms with Crippen LogP contribution in [0.4, 0.5) is 11.5 Å². The van der Waals surface area contributed by atoms with E-state index in [9.17, 15) is 9.59 Å². The number of aryl methyl sites for hydroxylation is 1. The van der Waals surface area contributed by atoms with Gasteiger partial charge in [0.15, 0.2) is 17.0 Å². The number of fused-ring (bicyclic) bond motifs is 1.